The molecule has 0 spiro atoms. The summed E-state index contributed by atoms with van der Waals surface area (Å²) in [5.74, 6) is 16.0. The molecule has 0 radical (unpaired) electrons. The van der Waals surface area contributed by atoms with Crippen molar-refractivity contribution in [2.45, 2.75) is 226 Å². The van der Waals surface area contributed by atoms with Gasteiger partial charge in [0.05, 0.1) is 12.8 Å². The SMILES string of the molecule is CC(C)CCCCc1ccccc1.CC(C)CCCOc1ccccc1.CC(C)CCc1cccc(Nc2ccccc2)c1.CC(C)CCc1cccc(Oc2ccccc2)c1.CC(C)CCc1cccc(Oc2ccccc2)c1.CC(C)CCc1cccc(Oc2ccccc2)c1.CC(C)CCc1ccccc1Oc1ccccc1.CC(C)CCc1ccccc1Oc1cccnc1. The summed E-state index contributed by atoms with van der Waals surface area (Å²) in [4.78, 5) is 4.06. The molecule has 708 valence electrons. The van der Waals surface area contributed by atoms with Crippen LogP contribution in [0.3, 0.4) is 0 Å². The fourth-order valence-electron chi connectivity index (χ4n) is 13.9. The molecule has 13 aromatic carbocycles. The van der Waals surface area contributed by atoms with Gasteiger partial charge in [-0.1, -0.05) is 348 Å². The van der Waals surface area contributed by atoms with Crippen LogP contribution < -0.4 is 33.7 Å². The summed E-state index contributed by atoms with van der Waals surface area (Å²) < 4.78 is 34.9. The minimum atomic E-state index is 0.705. The van der Waals surface area contributed by atoms with E-state index in [-0.39, 0.29) is 0 Å². The average molecular weight is 1800 g/mol. The maximum absolute atomic E-state index is 5.94. The van der Waals surface area contributed by atoms with Crippen molar-refractivity contribution >= 4 is 11.4 Å². The Balaban J connectivity index is 0.000000210. The topological polar surface area (TPSA) is 80.3 Å². The molecule has 0 amide bonds. The van der Waals surface area contributed by atoms with Gasteiger partial charge in [-0.25, -0.2) is 0 Å². The molecule has 0 fully saturated rings. The summed E-state index contributed by atoms with van der Waals surface area (Å²) in [6.45, 7) is 36.9. The summed E-state index contributed by atoms with van der Waals surface area (Å²) in [7, 11) is 0. The maximum Gasteiger partial charge on any atom is 0.145 e. The van der Waals surface area contributed by atoms with Gasteiger partial charge in [0, 0.05) is 17.6 Å². The first-order valence-electron chi connectivity index (χ1n) is 49.6. The van der Waals surface area contributed by atoms with Crippen molar-refractivity contribution in [3.8, 4) is 63.2 Å². The lowest BCUT2D eigenvalue weighted by molar-refractivity contribution is 0.298. The van der Waals surface area contributed by atoms with Crippen molar-refractivity contribution in [1.29, 1.82) is 0 Å². The van der Waals surface area contributed by atoms with E-state index in [2.05, 4.69) is 267 Å². The lowest BCUT2D eigenvalue weighted by atomic mass is 10.0. The number of aromatic nitrogens is 1. The maximum atomic E-state index is 5.94. The minimum Gasteiger partial charge on any atom is -0.494 e. The second-order valence-corrected chi connectivity index (χ2v) is 37.7. The van der Waals surface area contributed by atoms with Crippen LogP contribution in [0.5, 0.6) is 63.2 Å². The number of nitrogens with zero attached hydrogens (tertiary/aromatic N) is 1. The first-order chi connectivity index (χ1) is 65.0. The standard InChI is InChI=1S/C17H21N.4C17H20O.C16H19NO.C13H20.C12H18O/c1-14(2)11-12-15-7-6-10-17(13-15)18-16-8-4-3-5-9-16;1-14(2)12-13-15-8-6-7-11-17(15)18-16-9-4-3-5-10-16;3*1-14(2)11-12-15-7-6-10-17(13-15)18-16-8-4-3-5-9-16;1-13(2)9-10-14-6-3-4-8-16(14)18-15-7-5-11-17-12-15;1-12(2)8-6-7-11-13-9-4-3-5-10-13;1-11(2)7-6-10-13-12-8-4-3-5-9-12/h3-10,13-14,18H,11-12H2,1-2H3;3-11,14H,12-13H2,1-2H3;3*3-10,13-14H,11-12H2,1-2H3;3-8,11-13H,9-10H2,1-2H3;3-5,9-10,12H,6-8,11H2,1-2H3;3-5,8-9,11H,6-7,10H2,1-2H3. The normalized spacial score (nSPS) is 10.6. The monoisotopic (exact) mass is 1800 g/mol. The molecule has 0 atom stereocenters. The van der Waals surface area contributed by atoms with Gasteiger partial charge in [-0.2, -0.15) is 0 Å². The summed E-state index contributed by atoms with van der Waals surface area (Å²) in [6, 6.07) is 125. The highest BCUT2D eigenvalue weighted by Gasteiger charge is 2.11. The Bertz CT molecular complexity index is 4720. The zero-order chi connectivity index (χ0) is 95.8. The minimum absolute atomic E-state index is 0.705. The van der Waals surface area contributed by atoms with Crippen molar-refractivity contribution < 1.29 is 28.4 Å². The van der Waals surface area contributed by atoms with Gasteiger partial charge in [0.15, 0.2) is 0 Å². The van der Waals surface area contributed by atoms with E-state index >= 15 is 0 Å². The summed E-state index contributed by atoms with van der Waals surface area (Å²) in [5.41, 5.74) is 11.8. The number of para-hydroxylation sites is 8. The molecular weight excluding hydrogens is 1640 g/mol. The molecule has 0 unspecified atom stereocenters. The van der Waals surface area contributed by atoms with Gasteiger partial charge in [-0.15, -0.1) is 0 Å². The zero-order valence-electron chi connectivity index (χ0n) is 83.8. The van der Waals surface area contributed by atoms with Crippen molar-refractivity contribution in [3.05, 3.63) is 421 Å². The number of hydrogen-bond acceptors (Lipinski definition) is 8. The highest BCUT2D eigenvalue weighted by atomic mass is 16.5. The Labute approximate surface area is 809 Å². The number of ether oxygens (including phenoxy) is 6. The summed E-state index contributed by atoms with van der Waals surface area (Å²) in [6.07, 6.45) is 25.1. The molecule has 1 heterocycles. The van der Waals surface area contributed by atoms with E-state index in [0.29, 0.717) is 5.92 Å². The van der Waals surface area contributed by atoms with E-state index in [1.165, 1.54) is 115 Å². The number of unbranched alkanes of at least 4 members (excludes halogenated alkanes) is 1. The van der Waals surface area contributed by atoms with E-state index in [9.17, 15) is 0 Å². The average Bonchev–Trinajstić information content (AvgIpc) is 0.869. The number of pyridine rings is 1. The molecule has 0 aliphatic carbocycles. The Morgan fingerprint density at radius 2 is 0.493 bits per heavy atom. The molecule has 14 aromatic rings. The third-order valence-corrected chi connectivity index (χ3v) is 21.7. The summed E-state index contributed by atoms with van der Waals surface area (Å²) >= 11 is 0. The molecule has 0 bridgehead atoms. The fraction of sp³-hybridized carbons (Fsp3) is 0.341. The van der Waals surface area contributed by atoms with E-state index in [0.717, 1.165) is 162 Å². The van der Waals surface area contributed by atoms with Crippen LogP contribution in [0, 0.1) is 47.3 Å². The second-order valence-electron chi connectivity index (χ2n) is 37.7. The van der Waals surface area contributed by atoms with Crippen molar-refractivity contribution in [2.75, 3.05) is 11.9 Å². The Morgan fingerprint density at radius 1 is 0.209 bits per heavy atom. The smallest absolute Gasteiger partial charge is 0.145 e. The quantitative estimate of drug-likeness (QED) is 0.0381. The summed E-state index contributed by atoms with van der Waals surface area (Å²) in [5, 5.41) is 3.43. The van der Waals surface area contributed by atoms with Crippen molar-refractivity contribution in [3.63, 3.8) is 0 Å². The number of hydrogen-bond donors (Lipinski definition) is 1. The molecule has 0 saturated heterocycles. The van der Waals surface area contributed by atoms with Crippen LogP contribution in [0.1, 0.15) is 220 Å². The van der Waals surface area contributed by atoms with Gasteiger partial charge in [-0.3, -0.25) is 4.98 Å². The number of rotatable bonds is 40. The van der Waals surface area contributed by atoms with Crippen molar-refractivity contribution in [2.24, 2.45) is 47.3 Å². The van der Waals surface area contributed by atoms with Gasteiger partial charge >= 0.3 is 0 Å². The van der Waals surface area contributed by atoms with Crippen LogP contribution in [0.2, 0.25) is 0 Å². The van der Waals surface area contributed by atoms with Crippen molar-refractivity contribution in [1.82, 2.24) is 4.98 Å². The van der Waals surface area contributed by atoms with Gasteiger partial charge in [0.2, 0.25) is 0 Å². The van der Waals surface area contributed by atoms with Crippen LogP contribution in [-0.4, -0.2) is 11.6 Å². The largest absolute Gasteiger partial charge is 0.494 e. The lowest BCUT2D eigenvalue weighted by Gasteiger charge is -2.12. The van der Waals surface area contributed by atoms with E-state index in [1.54, 1.807) is 12.4 Å². The predicted octanol–water partition coefficient (Wildman–Crippen LogP) is 37.3. The Morgan fingerprint density at radius 3 is 0.866 bits per heavy atom. The van der Waals surface area contributed by atoms with Gasteiger partial charge < -0.3 is 33.7 Å². The highest BCUT2D eigenvalue weighted by molar-refractivity contribution is 5.60. The Hall–Kier alpha value is -12.4. The predicted molar refractivity (Wildman–Crippen MR) is 573 cm³/mol. The second kappa shape index (κ2) is 66.1. The molecule has 1 aromatic heterocycles. The molecule has 0 saturated carbocycles. The molecule has 8 heteroatoms. The number of benzene rings is 13. The first kappa shape index (κ1) is 109. The molecule has 0 aliphatic heterocycles. The number of anilines is 2. The molecule has 134 heavy (non-hydrogen) atoms. The third-order valence-electron chi connectivity index (χ3n) is 21.7. The van der Waals surface area contributed by atoms with Crippen LogP contribution in [0.15, 0.2) is 382 Å². The first-order valence-corrected chi connectivity index (χ1v) is 49.6. The van der Waals surface area contributed by atoms with E-state index in [1.807, 2.05) is 224 Å². The molecular formula is C126H158N2O6. The zero-order valence-corrected chi connectivity index (χ0v) is 83.8. The van der Waals surface area contributed by atoms with Gasteiger partial charge in [-0.05, 0) is 335 Å². The molecule has 1 N–H and O–H groups in total. The molecule has 8 nitrogen and oxygen atoms in total. The van der Waals surface area contributed by atoms with E-state index < -0.39 is 0 Å². The molecule has 14 rings (SSSR count). The molecule has 0 aliphatic rings. The van der Waals surface area contributed by atoms with Gasteiger partial charge in [0.25, 0.3) is 0 Å². The Kier molecular flexibility index (Phi) is 53.6. The van der Waals surface area contributed by atoms with Crippen LogP contribution >= 0.6 is 0 Å². The van der Waals surface area contributed by atoms with E-state index in [4.69, 9.17) is 28.4 Å². The van der Waals surface area contributed by atoms with Crippen LogP contribution in [0.4, 0.5) is 11.4 Å². The highest BCUT2D eigenvalue weighted by Crippen LogP contribution is 2.32. The van der Waals surface area contributed by atoms with Gasteiger partial charge in [0.1, 0.15) is 63.2 Å². The lowest BCUT2D eigenvalue weighted by Crippen LogP contribution is -1.99. The third kappa shape index (κ3) is 51.0. The van der Waals surface area contributed by atoms with Crippen LogP contribution in [-0.2, 0) is 44.9 Å². The number of nitrogens with one attached hydrogen (secondary N) is 1. The number of aryl methyl sites for hydroxylation is 7. The fourth-order valence-corrected chi connectivity index (χ4v) is 13.9. The van der Waals surface area contributed by atoms with Crippen LogP contribution in [0.25, 0.3) is 0 Å².